The first-order valence-electron chi connectivity index (χ1n) is 8.20. The van der Waals surface area contributed by atoms with Gasteiger partial charge in [-0.25, -0.2) is 0 Å². The maximum absolute atomic E-state index is 13.0. The summed E-state index contributed by atoms with van der Waals surface area (Å²) in [7, 11) is 3.85. The number of carbonyl (C=O) groups excluding carboxylic acids is 1. The zero-order chi connectivity index (χ0) is 17.4. The van der Waals surface area contributed by atoms with E-state index in [0.29, 0.717) is 30.4 Å². The van der Waals surface area contributed by atoms with E-state index in [1.54, 1.807) is 11.6 Å². The Morgan fingerprint density at radius 1 is 1.33 bits per heavy atom. The molecule has 0 aromatic carbocycles. The molecule has 1 atom stereocenters. The Balaban J connectivity index is 1.83. The maximum atomic E-state index is 13.0. The van der Waals surface area contributed by atoms with Gasteiger partial charge < -0.3 is 9.42 Å². The smallest absolute Gasteiger partial charge is 0.257 e. The van der Waals surface area contributed by atoms with Gasteiger partial charge in [-0.2, -0.15) is 10.1 Å². The molecule has 1 fully saturated rings. The molecule has 1 aliphatic rings. The molecule has 2 aromatic heterocycles. The number of piperazine rings is 1. The Labute approximate surface area is 141 Å². The largest absolute Gasteiger partial charge is 0.338 e. The molecule has 1 aliphatic heterocycles. The summed E-state index contributed by atoms with van der Waals surface area (Å²) in [5.41, 5.74) is 1.52. The summed E-state index contributed by atoms with van der Waals surface area (Å²) >= 11 is 0. The second-order valence-corrected chi connectivity index (χ2v) is 6.68. The number of likely N-dealkylation sites (N-methyl/N-ethyl adjacent to an activating group) is 1. The quantitative estimate of drug-likeness (QED) is 0.844. The lowest BCUT2D eigenvalue weighted by atomic mass is 10.0. The molecule has 0 spiro atoms. The van der Waals surface area contributed by atoms with Crippen LogP contribution in [0.1, 0.15) is 53.6 Å². The molecule has 0 saturated carbocycles. The van der Waals surface area contributed by atoms with Crippen molar-refractivity contribution in [2.45, 2.75) is 32.7 Å². The Morgan fingerprint density at radius 3 is 2.71 bits per heavy atom. The molecular weight excluding hydrogens is 308 g/mol. The van der Waals surface area contributed by atoms with Gasteiger partial charge in [0.15, 0.2) is 5.82 Å². The van der Waals surface area contributed by atoms with Gasteiger partial charge in [0.1, 0.15) is 6.04 Å². The summed E-state index contributed by atoms with van der Waals surface area (Å²) < 4.78 is 7.02. The molecule has 0 N–H and O–H groups in total. The van der Waals surface area contributed by atoms with E-state index >= 15 is 0 Å². The zero-order valence-corrected chi connectivity index (χ0v) is 14.9. The summed E-state index contributed by atoms with van der Waals surface area (Å²) in [5.74, 6) is 1.38. The molecule has 0 aliphatic carbocycles. The van der Waals surface area contributed by atoms with Crippen molar-refractivity contribution in [1.29, 1.82) is 0 Å². The van der Waals surface area contributed by atoms with Crippen LogP contribution in [0.15, 0.2) is 10.7 Å². The van der Waals surface area contributed by atoms with Crippen molar-refractivity contribution in [3.05, 3.63) is 29.2 Å². The van der Waals surface area contributed by atoms with Crippen LogP contribution in [-0.2, 0) is 7.05 Å². The third-order valence-corrected chi connectivity index (χ3v) is 4.40. The van der Waals surface area contributed by atoms with E-state index in [0.717, 1.165) is 12.2 Å². The van der Waals surface area contributed by atoms with Crippen LogP contribution in [0.2, 0.25) is 0 Å². The maximum Gasteiger partial charge on any atom is 0.257 e. The van der Waals surface area contributed by atoms with Crippen LogP contribution in [0.3, 0.4) is 0 Å². The first-order valence-corrected chi connectivity index (χ1v) is 8.20. The van der Waals surface area contributed by atoms with Crippen LogP contribution in [0, 0.1) is 6.92 Å². The first kappa shape index (κ1) is 16.6. The zero-order valence-electron chi connectivity index (χ0n) is 14.9. The third-order valence-electron chi connectivity index (χ3n) is 4.40. The average molecular weight is 332 g/mol. The molecule has 1 saturated heterocycles. The van der Waals surface area contributed by atoms with E-state index < -0.39 is 0 Å². The van der Waals surface area contributed by atoms with Crippen molar-refractivity contribution in [3.8, 4) is 0 Å². The van der Waals surface area contributed by atoms with E-state index in [4.69, 9.17) is 4.52 Å². The predicted octanol–water partition coefficient (Wildman–Crippen LogP) is 1.36. The SMILES string of the molecule is Cc1noc([C@@H]2CN(C(=O)c3cn(C)nc3C(C)C)CCN2C)n1. The molecule has 3 heterocycles. The van der Waals surface area contributed by atoms with Crippen molar-refractivity contribution in [1.82, 2.24) is 29.7 Å². The monoisotopic (exact) mass is 332 g/mol. The van der Waals surface area contributed by atoms with Gasteiger partial charge in [0.25, 0.3) is 5.91 Å². The van der Waals surface area contributed by atoms with Crippen LogP contribution in [0.5, 0.6) is 0 Å². The number of nitrogens with zero attached hydrogens (tertiary/aromatic N) is 6. The Bertz CT molecular complexity index is 735. The molecule has 3 rings (SSSR count). The van der Waals surface area contributed by atoms with Gasteiger partial charge in [-0.05, 0) is 19.9 Å². The minimum Gasteiger partial charge on any atom is -0.338 e. The van der Waals surface area contributed by atoms with Gasteiger partial charge in [-0.3, -0.25) is 14.4 Å². The number of amides is 1. The highest BCUT2D eigenvalue weighted by Crippen LogP contribution is 2.25. The van der Waals surface area contributed by atoms with Gasteiger partial charge in [-0.1, -0.05) is 19.0 Å². The number of aryl methyl sites for hydroxylation is 2. The van der Waals surface area contributed by atoms with Crippen LogP contribution in [-0.4, -0.2) is 62.3 Å². The highest BCUT2D eigenvalue weighted by atomic mass is 16.5. The number of rotatable bonds is 3. The number of carbonyl (C=O) groups is 1. The van der Waals surface area contributed by atoms with Gasteiger partial charge in [0, 0.05) is 32.9 Å². The lowest BCUT2D eigenvalue weighted by Crippen LogP contribution is -2.49. The molecule has 0 bridgehead atoms. The average Bonchev–Trinajstić information content (AvgIpc) is 3.13. The fraction of sp³-hybridized carbons (Fsp3) is 0.625. The van der Waals surface area contributed by atoms with E-state index in [-0.39, 0.29) is 17.9 Å². The van der Waals surface area contributed by atoms with Crippen molar-refractivity contribution < 1.29 is 9.32 Å². The third kappa shape index (κ3) is 3.06. The highest BCUT2D eigenvalue weighted by molar-refractivity contribution is 5.95. The molecule has 8 heteroatoms. The molecule has 0 radical (unpaired) electrons. The number of aromatic nitrogens is 4. The fourth-order valence-electron chi connectivity index (χ4n) is 3.04. The minimum absolute atomic E-state index is 0.0149. The molecule has 0 unspecified atom stereocenters. The van der Waals surface area contributed by atoms with Crippen molar-refractivity contribution >= 4 is 5.91 Å². The summed E-state index contributed by atoms with van der Waals surface area (Å²) in [6.45, 7) is 7.85. The van der Waals surface area contributed by atoms with Gasteiger partial charge in [0.2, 0.25) is 5.89 Å². The lowest BCUT2D eigenvalue weighted by Gasteiger charge is -2.37. The van der Waals surface area contributed by atoms with Gasteiger partial charge >= 0.3 is 0 Å². The van der Waals surface area contributed by atoms with Crippen molar-refractivity contribution in [2.75, 3.05) is 26.7 Å². The lowest BCUT2D eigenvalue weighted by molar-refractivity contribution is 0.0487. The standard InChI is InChI=1S/C16H24N6O2/c1-10(2)14-12(8-21(5)18-14)16(23)22-7-6-20(4)13(9-22)15-17-11(3)19-24-15/h8,10,13H,6-7,9H2,1-5H3/t13-/m0/s1. The molecule has 2 aromatic rings. The van der Waals surface area contributed by atoms with Crippen LogP contribution < -0.4 is 0 Å². The Morgan fingerprint density at radius 2 is 2.08 bits per heavy atom. The first-order chi connectivity index (χ1) is 11.4. The molecule has 24 heavy (non-hydrogen) atoms. The molecule has 130 valence electrons. The molecule has 1 amide bonds. The normalized spacial score (nSPS) is 19.2. The van der Waals surface area contributed by atoms with Gasteiger partial charge in [0.05, 0.1) is 11.3 Å². The number of hydrogen-bond acceptors (Lipinski definition) is 6. The minimum atomic E-state index is -0.0805. The summed E-state index contributed by atoms with van der Waals surface area (Å²) in [4.78, 5) is 21.3. The number of hydrogen-bond donors (Lipinski definition) is 0. The van der Waals surface area contributed by atoms with Crippen molar-refractivity contribution in [2.24, 2.45) is 7.05 Å². The van der Waals surface area contributed by atoms with Crippen LogP contribution in [0.25, 0.3) is 0 Å². The molecular formula is C16H24N6O2. The van der Waals surface area contributed by atoms with Crippen molar-refractivity contribution in [3.63, 3.8) is 0 Å². The highest BCUT2D eigenvalue weighted by Gasteiger charge is 2.33. The topological polar surface area (TPSA) is 80.3 Å². The van der Waals surface area contributed by atoms with E-state index in [9.17, 15) is 4.79 Å². The van der Waals surface area contributed by atoms with Crippen LogP contribution in [0.4, 0.5) is 0 Å². The summed E-state index contributed by atoms with van der Waals surface area (Å²) in [5, 5.41) is 8.30. The predicted molar refractivity (Wildman–Crippen MR) is 87.6 cm³/mol. The molecule has 8 nitrogen and oxygen atoms in total. The Hall–Kier alpha value is -2.22. The van der Waals surface area contributed by atoms with Crippen LogP contribution >= 0.6 is 0 Å². The van der Waals surface area contributed by atoms with E-state index in [2.05, 4.69) is 20.1 Å². The fourth-order valence-corrected chi connectivity index (χ4v) is 3.04. The summed E-state index contributed by atoms with van der Waals surface area (Å²) in [6.07, 6.45) is 1.81. The van der Waals surface area contributed by atoms with Gasteiger partial charge in [-0.15, -0.1) is 0 Å². The summed E-state index contributed by atoms with van der Waals surface area (Å²) in [6, 6.07) is -0.0805. The van der Waals surface area contributed by atoms with E-state index in [1.807, 2.05) is 39.0 Å². The Kier molecular flexibility index (Phi) is 4.40. The second kappa shape index (κ2) is 6.35. The second-order valence-electron chi connectivity index (χ2n) is 6.68. The van der Waals surface area contributed by atoms with E-state index in [1.165, 1.54) is 0 Å².